The minimum Gasteiger partial charge on any atom is -0.329 e. The van der Waals surface area contributed by atoms with Gasteiger partial charge in [-0.05, 0) is 43.7 Å². The first-order chi connectivity index (χ1) is 8.54. The van der Waals surface area contributed by atoms with E-state index in [-0.39, 0.29) is 6.04 Å². The summed E-state index contributed by atoms with van der Waals surface area (Å²) < 4.78 is 1.04. The molecule has 0 bridgehead atoms. The fourth-order valence-corrected chi connectivity index (χ4v) is 3.02. The van der Waals surface area contributed by atoms with Gasteiger partial charge in [0.25, 0.3) is 0 Å². The zero-order valence-corrected chi connectivity index (χ0v) is 13.6. The largest absolute Gasteiger partial charge is 0.329 e. The SMILES string of the molecule is CCC(CC)N(C)C(CN)c1cc(Br)ccc1Cl. The zero-order valence-electron chi connectivity index (χ0n) is 11.3. The summed E-state index contributed by atoms with van der Waals surface area (Å²) in [5.74, 6) is 0. The van der Waals surface area contributed by atoms with E-state index in [2.05, 4.69) is 47.8 Å². The normalized spacial score (nSPS) is 13.3. The first-order valence-corrected chi connectivity index (χ1v) is 7.59. The molecule has 4 heteroatoms. The molecule has 1 unspecified atom stereocenters. The Labute approximate surface area is 124 Å². The van der Waals surface area contributed by atoms with Gasteiger partial charge in [0, 0.05) is 28.1 Å². The molecule has 2 nitrogen and oxygen atoms in total. The number of halogens is 2. The standard InChI is InChI=1S/C14H22BrClN2/c1-4-11(5-2)18(3)14(9-17)12-8-10(15)6-7-13(12)16/h6-8,11,14H,4-5,9,17H2,1-3H3. The van der Waals surface area contributed by atoms with Crippen LogP contribution in [0.2, 0.25) is 5.02 Å². The quantitative estimate of drug-likeness (QED) is 0.844. The molecule has 0 amide bonds. The third kappa shape index (κ3) is 3.70. The minimum atomic E-state index is 0.167. The molecule has 0 aliphatic carbocycles. The van der Waals surface area contributed by atoms with Gasteiger partial charge < -0.3 is 5.73 Å². The molecule has 0 aliphatic rings. The summed E-state index contributed by atoms with van der Waals surface area (Å²) in [5, 5.41) is 0.784. The molecule has 0 spiro atoms. The molecule has 2 N–H and O–H groups in total. The number of likely N-dealkylation sites (N-methyl/N-ethyl adjacent to an activating group) is 1. The van der Waals surface area contributed by atoms with E-state index in [1.54, 1.807) is 0 Å². The lowest BCUT2D eigenvalue weighted by molar-refractivity contribution is 0.168. The van der Waals surface area contributed by atoms with Crippen molar-refractivity contribution in [3.05, 3.63) is 33.3 Å². The van der Waals surface area contributed by atoms with Crippen LogP contribution < -0.4 is 5.73 Å². The van der Waals surface area contributed by atoms with E-state index in [0.29, 0.717) is 12.6 Å². The highest BCUT2D eigenvalue weighted by Crippen LogP contribution is 2.31. The molecule has 0 radical (unpaired) electrons. The Morgan fingerprint density at radius 1 is 1.33 bits per heavy atom. The molecule has 0 heterocycles. The number of nitrogens with two attached hydrogens (primary N) is 1. The average Bonchev–Trinajstić information content (AvgIpc) is 2.36. The van der Waals surface area contributed by atoms with Gasteiger partial charge in [0.1, 0.15) is 0 Å². The van der Waals surface area contributed by atoms with Crippen LogP contribution in [0.5, 0.6) is 0 Å². The zero-order chi connectivity index (χ0) is 13.7. The van der Waals surface area contributed by atoms with Crippen molar-refractivity contribution in [2.45, 2.75) is 38.8 Å². The van der Waals surface area contributed by atoms with Crippen LogP contribution in [0.15, 0.2) is 22.7 Å². The number of hydrogen-bond acceptors (Lipinski definition) is 2. The fourth-order valence-electron chi connectivity index (χ4n) is 2.40. The molecule has 1 rings (SSSR count). The summed E-state index contributed by atoms with van der Waals surface area (Å²) in [7, 11) is 2.13. The van der Waals surface area contributed by atoms with Crippen molar-refractivity contribution in [2.24, 2.45) is 5.73 Å². The number of hydrogen-bond donors (Lipinski definition) is 1. The lowest BCUT2D eigenvalue weighted by Crippen LogP contribution is -2.38. The summed E-state index contributed by atoms with van der Waals surface area (Å²) in [5.41, 5.74) is 7.06. The molecule has 102 valence electrons. The maximum atomic E-state index is 6.30. The van der Waals surface area contributed by atoms with Crippen LogP contribution in [0.3, 0.4) is 0 Å². The highest BCUT2D eigenvalue weighted by molar-refractivity contribution is 9.10. The smallest absolute Gasteiger partial charge is 0.0485 e. The second-order valence-corrected chi connectivity index (χ2v) is 5.88. The fraction of sp³-hybridized carbons (Fsp3) is 0.571. The summed E-state index contributed by atoms with van der Waals surface area (Å²) in [6.07, 6.45) is 2.24. The van der Waals surface area contributed by atoms with Crippen LogP contribution in [0.1, 0.15) is 38.3 Å². The van der Waals surface area contributed by atoms with E-state index in [4.69, 9.17) is 17.3 Å². The van der Waals surface area contributed by atoms with E-state index in [0.717, 1.165) is 27.9 Å². The van der Waals surface area contributed by atoms with Gasteiger partial charge in [-0.2, -0.15) is 0 Å². The highest BCUT2D eigenvalue weighted by Gasteiger charge is 2.23. The number of rotatable bonds is 6. The third-order valence-corrected chi connectivity index (χ3v) is 4.39. The summed E-state index contributed by atoms with van der Waals surface area (Å²) in [6, 6.07) is 6.65. The van der Waals surface area contributed by atoms with Gasteiger partial charge in [-0.1, -0.05) is 41.4 Å². The minimum absolute atomic E-state index is 0.167. The van der Waals surface area contributed by atoms with E-state index in [1.165, 1.54) is 0 Å². The molecule has 0 saturated carbocycles. The molecule has 0 aromatic heterocycles. The lowest BCUT2D eigenvalue weighted by atomic mass is 10.0. The molecular formula is C14H22BrClN2. The van der Waals surface area contributed by atoms with E-state index >= 15 is 0 Å². The topological polar surface area (TPSA) is 29.3 Å². The van der Waals surface area contributed by atoms with Crippen molar-refractivity contribution in [2.75, 3.05) is 13.6 Å². The Hall–Kier alpha value is -0.0900. The van der Waals surface area contributed by atoms with Crippen molar-refractivity contribution in [3.8, 4) is 0 Å². The lowest BCUT2D eigenvalue weighted by Gasteiger charge is -2.34. The monoisotopic (exact) mass is 332 g/mol. The van der Waals surface area contributed by atoms with Crippen LogP contribution in [-0.4, -0.2) is 24.5 Å². The Kier molecular flexibility index (Phi) is 6.64. The second kappa shape index (κ2) is 7.49. The van der Waals surface area contributed by atoms with Crippen LogP contribution in [0.4, 0.5) is 0 Å². The molecular weight excluding hydrogens is 312 g/mol. The van der Waals surface area contributed by atoms with Gasteiger partial charge >= 0.3 is 0 Å². The van der Waals surface area contributed by atoms with Crippen molar-refractivity contribution in [1.29, 1.82) is 0 Å². The van der Waals surface area contributed by atoms with E-state index in [9.17, 15) is 0 Å². The van der Waals surface area contributed by atoms with Gasteiger partial charge in [0.15, 0.2) is 0 Å². The van der Waals surface area contributed by atoms with Crippen molar-refractivity contribution < 1.29 is 0 Å². The van der Waals surface area contributed by atoms with Gasteiger partial charge in [-0.15, -0.1) is 0 Å². The van der Waals surface area contributed by atoms with Crippen molar-refractivity contribution in [1.82, 2.24) is 4.90 Å². The van der Waals surface area contributed by atoms with Crippen LogP contribution in [0, 0.1) is 0 Å². The predicted molar refractivity (Wildman–Crippen MR) is 83.1 cm³/mol. The average molecular weight is 334 g/mol. The van der Waals surface area contributed by atoms with Gasteiger partial charge in [0.05, 0.1) is 0 Å². The van der Waals surface area contributed by atoms with E-state index in [1.807, 2.05) is 12.1 Å². The van der Waals surface area contributed by atoms with Crippen LogP contribution in [0.25, 0.3) is 0 Å². The molecule has 18 heavy (non-hydrogen) atoms. The maximum absolute atomic E-state index is 6.30. The first kappa shape index (κ1) is 16.0. The van der Waals surface area contributed by atoms with Gasteiger partial charge in [-0.25, -0.2) is 0 Å². The highest BCUT2D eigenvalue weighted by atomic mass is 79.9. The molecule has 0 fully saturated rings. The molecule has 1 aromatic carbocycles. The van der Waals surface area contributed by atoms with Crippen molar-refractivity contribution in [3.63, 3.8) is 0 Å². The van der Waals surface area contributed by atoms with Gasteiger partial charge in [0.2, 0.25) is 0 Å². The Bertz CT molecular complexity index is 380. The number of benzene rings is 1. The molecule has 0 aliphatic heterocycles. The number of nitrogens with zero attached hydrogens (tertiary/aromatic N) is 1. The second-order valence-electron chi connectivity index (χ2n) is 4.55. The maximum Gasteiger partial charge on any atom is 0.0485 e. The predicted octanol–water partition coefficient (Wildman–Crippen LogP) is 4.22. The van der Waals surface area contributed by atoms with Crippen LogP contribution in [-0.2, 0) is 0 Å². The summed E-state index contributed by atoms with van der Waals surface area (Å²) in [4.78, 5) is 2.34. The summed E-state index contributed by atoms with van der Waals surface area (Å²) >= 11 is 9.80. The summed E-state index contributed by atoms with van der Waals surface area (Å²) in [6.45, 7) is 4.99. The molecule has 1 atom stereocenters. The van der Waals surface area contributed by atoms with Crippen molar-refractivity contribution >= 4 is 27.5 Å². The molecule has 0 saturated heterocycles. The third-order valence-electron chi connectivity index (χ3n) is 3.55. The van der Waals surface area contributed by atoms with Gasteiger partial charge in [-0.3, -0.25) is 4.90 Å². The molecule has 1 aromatic rings. The first-order valence-electron chi connectivity index (χ1n) is 6.42. The van der Waals surface area contributed by atoms with E-state index < -0.39 is 0 Å². The Morgan fingerprint density at radius 3 is 2.44 bits per heavy atom. The van der Waals surface area contributed by atoms with Crippen LogP contribution >= 0.6 is 27.5 Å². The Balaban J connectivity index is 3.05. The Morgan fingerprint density at radius 2 is 1.94 bits per heavy atom.